The van der Waals surface area contributed by atoms with E-state index in [-0.39, 0.29) is 17.6 Å². The van der Waals surface area contributed by atoms with Crippen molar-refractivity contribution in [2.45, 2.75) is 20.4 Å². The van der Waals surface area contributed by atoms with Crippen molar-refractivity contribution in [3.8, 4) is 0 Å². The van der Waals surface area contributed by atoms with Gasteiger partial charge in [0.1, 0.15) is 5.82 Å². The van der Waals surface area contributed by atoms with E-state index >= 15 is 0 Å². The van der Waals surface area contributed by atoms with Gasteiger partial charge >= 0.3 is 0 Å². The molecule has 2 rings (SSSR count). The van der Waals surface area contributed by atoms with E-state index in [1.165, 1.54) is 19.1 Å². The van der Waals surface area contributed by atoms with Gasteiger partial charge < -0.3 is 10.2 Å². The van der Waals surface area contributed by atoms with Crippen molar-refractivity contribution < 1.29 is 14.0 Å². The van der Waals surface area contributed by atoms with Crippen molar-refractivity contribution >= 4 is 11.8 Å². The van der Waals surface area contributed by atoms with Crippen LogP contribution in [-0.4, -0.2) is 29.8 Å². The van der Waals surface area contributed by atoms with E-state index in [4.69, 9.17) is 0 Å². The summed E-state index contributed by atoms with van der Waals surface area (Å²) in [6.45, 7) is 4.54. The number of carbonyl (C=O) groups excluding carboxylic acids is 2. The first-order valence-electron chi connectivity index (χ1n) is 7.80. The van der Waals surface area contributed by atoms with Crippen molar-refractivity contribution in [2.24, 2.45) is 0 Å². The Kier molecular flexibility index (Phi) is 6.07. The smallest absolute Gasteiger partial charge is 0.251 e. The second-order valence-electron chi connectivity index (χ2n) is 5.69. The summed E-state index contributed by atoms with van der Waals surface area (Å²) in [4.78, 5) is 25.4. The van der Waals surface area contributed by atoms with Gasteiger partial charge in [0.15, 0.2) is 0 Å². The van der Waals surface area contributed by atoms with Crippen LogP contribution in [0.5, 0.6) is 0 Å². The second-order valence-corrected chi connectivity index (χ2v) is 5.69. The molecule has 2 aromatic rings. The number of halogens is 1. The quantitative estimate of drug-likeness (QED) is 0.886. The van der Waals surface area contributed by atoms with Gasteiger partial charge in [-0.1, -0.05) is 29.8 Å². The van der Waals surface area contributed by atoms with Gasteiger partial charge in [0, 0.05) is 32.1 Å². The normalized spacial score (nSPS) is 10.3. The van der Waals surface area contributed by atoms with Crippen molar-refractivity contribution in [1.82, 2.24) is 10.2 Å². The third kappa shape index (κ3) is 5.19. The largest absolute Gasteiger partial charge is 0.350 e. The Hall–Kier alpha value is -2.69. The molecular weight excluding hydrogens is 307 g/mol. The predicted molar refractivity (Wildman–Crippen MR) is 91.0 cm³/mol. The zero-order valence-corrected chi connectivity index (χ0v) is 13.9. The van der Waals surface area contributed by atoms with Crippen LogP contribution in [0.25, 0.3) is 0 Å². The van der Waals surface area contributed by atoms with Crippen LogP contribution in [0.4, 0.5) is 4.39 Å². The molecule has 0 saturated heterocycles. The number of hydrogen-bond acceptors (Lipinski definition) is 2. The monoisotopic (exact) mass is 328 g/mol. The number of nitrogens with one attached hydrogen (secondary N) is 1. The molecule has 0 heterocycles. The molecule has 0 unspecified atom stereocenters. The molecule has 0 radical (unpaired) electrons. The summed E-state index contributed by atoms with van der Waals surface area (Å²) >= 11 is 0. The molecular formula is C19H21FN2O2. The van der Waals surface area contributed by atoms with E-state index < -0.39 is 0 Å². The first-order chi connectivity index (χ1) is 11.5. The fourth-order valence-electron chi connectivity index (χ4n) is 2.35. The van der Waals surface area contributed by atoms with E-state index in [1.807, 2.05) is 25.1 Å². The van der Waals surface area contributed by atoms with Crippen LogP contribution in [-0.2, 0) is 11.3 Å². The van der Waals surface area contributed by atoms with Crippen LogP contribution >= 0.6 is 0 Å². The summed E-state index contributed by atoms with van der Waals surface area (Å²) in [5.74, 6) is -0.563. The lowest BCUT2D eigenvalue weighted by molar-refractivity contribution is -0.129. The second kappa shape index (κ2) is 8.24. The van der Waals surface area contributed by atoms with Gasteiger partial charge in [-0.25, -0.2) is 4.39 Å². The average molecular weight is 328 g/mol. The molecule has 2 amide bonds. The highest BCUT2D eigenvalue weighted by Gasteiger charge is 2.11. The van der Waals surface area contributed by atoms with Crippen molar-refractivity contribution in [2.75, 3.05) is 13.1 Å². The SMILES string of the molecule is CC(=O)N(CCNC(=O)c1cccc(C)c1)Cc1ccc(F)cc1. The lowest BCUT2D eigenvalue weighted by atomic mass is 10.1. The van der Waals surface area contributed by atoms with Crippen LogP contribution in [0.2, 0.25) is 0 Å². The number of rotatable bonds is 6. The standard InChI is InChI=1S/C19H21FN2O2/c1-14-4-3-5-17(12-14)19(24)21-10-11-22(15(2)23)13-16-6-8-18(20)9-7-16/h3-9,12H,10-11,13H2,1-2H3,(H,21,24). The van der Waals surface area contributed by atoms with Crippen LogP contribution in [0, 0.1) is 12.7 Å². The molecule has 1 N–H and O–H groups in total. The van der Waals surface area contributed by atoms with Crippen molar-refractivity contribution in [3.05, 3.63) is 71.0 Å². The Labute approximate surface area is 141 Å². The fraction of sp³-hybridized carbons (Fsp3) is 0.263. The number of carbonyl (C=O) groups is 2. The van der Waals surface area contributed by atoms with E-state index in [9.17, 15) is 14.0 Å². The summed E-state index contributed by atoms with van der Waals surface area (Å²) in [6.07, 6.45) is 0. The number of aryl methyl sites for hydroxylation is 1. The molecule has 0 aromatic heterocycles. The lowest BCUT2D eigenvalue weighted by Gasteiger charge is -2.21. The summed E-state index contributed by atoms with van der Waals surface area (Å²) in [6, 6.07) is 13.4. The van der Waals surface area contributed by atoms with Gasteiger partial charge in [0.2, 0.25) is 5.91 Å². The van der Waals surface area contributed by atoms with E-state index in [0.29, 0.717) is 25.2 Å². The maximum atomic E-state index is 12.9. The molecule has 24 heavy (non-hydrogen) atoms. The average Bonchev–Trinajstić information content (AvgIpc) is 2.55. The zero-order chi connectivity index (χ0) is 17.5. The molecule has 0 bridgehead atoms. The third-order valence-corrected chi connectivity index (χ3v) is 3.68. The number of amides is 2. The third-order valence-electron chi connectivity index (χ3n) is 3.68. The Bertz CT molecular complexity index is 714. The minimum Gasteiger partial charge on any atom is -0.350 e. The van der Waals surface area contributed by atoms with E-state index in [2.05, 4.69) is 5.32 Å². The van der Waals surface area contributed by atoms with Gasteiger partial charge in [-0.2, -0.15) is 0 Å². The summed E-state index contributed by atoms with van der Waals surface area (Å²) in [5, 5.41) is 2.81. The number of nitrogens with zero attached hydrogens (tertiary/aromatic N) is 1. The topological polar surface area (TPSA) is 49.4 Å². The first-order valence-corrected chi connectivity index (χ1v) is 7.80. The predicted octanol–water partition coefficient (Wildman–Crippen LogP) is 2.91. The molecule has 2 aromatic carbocycles. The highest BCUT2D eigenvalue weighted by atomic mass is 19.1. The Balaban J connectivity index is 1.88. The zero-order valence-electron chi connectivity index (χ0n) is 13.9. The van der Waals surface area contributed by atoms with Crippen molar-refractivity contribution in [1.29, 1.82) is 0 Å². The summed E-state index contributed by atoms with van der Waals surface area (Å²) in [7, 11) is 0. The van der Waals surface area contributed by atoms with Crippen molar-refractivity contribution in [3.63, 3.8) is 0 Å². The highest BCUT2D eigenvalue weighted by Crippen LogP contribution is 2.07. The minimum absolute atomic E-state index is 0.0934. The molecule has 126 valence electrons. The van der Waals surface area contributed by atoms with Gasteiger partial charge in [-0.15, -0.1) is 0 Å². The van der Waals surface area contributed by atoms with E-state index in [0.717, 1.165) is 11.1 Å². The van der Waals surface area contributed by atoms with Gasteiger partial charge in [0.25, 0.3) is 5.91 Å². The maximum absolute atomic E-state index is 12.9. The van der Waals surface area contributed by atoms with Crippen LogP contribution in [0.15, 0.2) is 48.5 Å². The van der Waals surface area contributed by atoms with Gasteiger partial charge in [-0.05, 0) is 36.8 Å². The maximum Gasteiger partial charge on any atom is 0.251 e. The highest BCUT2D eigenvalue weighted by molar-refractivity contribution is 5.94. The molecule has 4 nitrogen and oxygen atoms in total. The van der Waals surface area contributed by atoms with Crippen LogP contribution in [0.3, 0.4) is 0 Å². The molecule has 0 atom stereocenters. The van der Waals surface area contributed by atoms with E-state index in [1.54, 1.807) is 23.1 Å². The van der Waals surface area contributed by atoms with Gasteiger partial charge in [-0.3, -0.25) is 9.59 Å². The number of hydrogen-bond donors (Lipinski definition) is 1. The molecule has 0 aliphatic heterocycles. The molecule has 0 saturated carbocycles. The molecule has 0 aliphatic carbocycles. The minimum atomic E-state index is -0.307. The molecule has 0 fully saturated rings. The molecule has 0 aliphatic rings. The van der Waals surface area contributed by atoms with Gasteiger partial charge in [0.05, 0.1) is 0 Å². The summed E-state index contributed by atoms with van der Waals surface area (Å²) in [5.41, 5.74) is 2.46. The Morgan fingerprint density at radius 2 is 1.83 bits per heavy atom. The lowest BCUT2D eigenvalue weighted by Crippen LogP contribution is -2.37. The Morgan fingerprint density at radius 1 is 1.12 bits per heavy atom. The van der Waals surface area contributed by atoms with Crippen LogP contribution < -0.4 is 5.32 Å². The molecule has 5 heteroatoms. The van der Waals surface area contributed by atoms with Crippen LogP contribution in [0.1, 0.15) is 28.4 Å². The Morgan fingerprint density at radius 3 is 2.46 bits per heavy atom. The first kappa shape index (κ1) is 17.7. The number of benzene rings is 2. The summed E-state index contributed by atoms with van der Waals surface area (Å²) < 4.78 is 12.9. The fourth-order valence-corrected chi connectivity index (χ4v) is 2.35. The molecule has 0 spiro atoms.